The molecule has 7 nitrogen and oxygen atoms in total. The molecule has 132 valence electrons. The van der Waals surface area contributed by atoms with Gasteiger partial charge in [-0.15, -0.1) is 0 Å². The first kappa shape index (κ1) is 17.1. The van der Waals surface area contributed by atoms with E-state index in [2.05, 4.69) is 15.0 Å². The third-order valence-corrected chi connectivity index (χ3v) is 4.46. The smallest absolute Gasteiger partial charge is 0.361 e. The van der Waals surface area contributed by atoms with Crippen molar-refractivity contribution in [1.82, 2.24) is 15.0 Å². The Bertz CT molecular complexity index is 773. The topological polar surface area (TPSA) is 105 Å². The second kappa shape index (κ2) is 7.46. The van der Waals surface area contributed by atoms with Crippen molar-refractivity contribution < 1.29 is 19.7 Å². The molecule has 0 aliphatic heterocycles. The molecule has 0 amide bonds. The van der Waals surface area contributed by atoms with E-state index < -0.39 is 17.6 Å². The predicted octanol–water partition coefficient (Wildman–Crippen LogP) is 3.00. The van der Waals surface area contributed by atoms with Gasteiger partial charge in [0.1, 0.15) is 5.69 Å². The number of hydrogen-bond acceptors (Lipinski definition) is 7. The van der Waals surface area contributed by atoms with Gasteiger partial charge in [-0.05, 0) is 37.3 Å². The summed E-state index contributed by atoms with van der Waals surface area (Å²) in [5.74, 6) is -1.70. The van der Waals surface area contributed by atoms with Crippen LogP contribution in [-0.4, -0.2) is 37.7 Å². The molecule has 0 aromatic carbocycles. The van der Waals surface area contributed by atoms with Crippen LogP contribution < -0.4 is 0 Å². The van der Waals surface area contributed by atoms with Gasteiger partial charge in [-0.2, -0.15) is 4.98 Å². The van der Waals surface area contributed by atoms with Crippen molar-refractivity contribution in [3.05, 3.63) is 29.6 Å². The molecule has 2 heterocycles. The van der Waals surface area contributed by atoms with Crippen LogP contribution in [0.5, 0.6) is 11.6 Å². The molecule has 1 aliphatic rings. The van der Waals surface area contributed by atoms with Crippen molar-refractivity contribution in [1.29, 1.82) is 0 Å². The molecule has 0 atom stereocenters. The molecule has 0 unspecified atom stereocenters. The first-order valence-corrected chi connectivity index (χ1v) is 8.45. The summed E-state index contributed by atoms with van der Waals surface area (Å²) in [5.41, 5.74) is 0.872. The minimum absolute atomic E-state index is 0.0676. The minimum Gasteiger partial charge on any atom is -0.501 e. The summed E-state index contributed by atoms with van der Waals surface area (Å²) in [7, 11) is 0. The fraction of sp³-hybridized carbons (Fsp3) is 0.444. The van der Waals surface area contributed by atoms with Crippen LogP contribution in [0.4, 0.5) is 0 Å². The maximum Gasteiger partial charge on any atom is 0.361 e. The van der Waals surface area contributed by atoms with Crippen molar-refractivity contribution in [2.24, 2.45) is 5.92 Å². The lowest BCUT2D eigenvalue weighted by atomic mass is 9.90. The molecule has 1 aliphatic carbocycles. The SMILES string of the molecule is Cc1cccnc1-c1nc(O)c(O)c(C(=O)OCC2CCCCC2)n1. The number of ether oxygens (including phenoxy) is 1. The second-order valence-electron chi connectivity index (χ2n) is 6.34. The van der Waals surface area contributed by atoms with Crippen LogP contribution in [0.15, 0.2) is 18.3 Å². The van der Waals surface area contributed by atoms with Crippen LogP contribution >= 0.6 is 0 Å². The Kier molecular flexibility index (Phi) is 5.11. The van der Waals surface area contributed by atoms with E-state index in [1.165, 1.54) is 6.42 Å². The predicted molar refractivity (Wildman–Crippen MR) is 90.2 cm³/mol. The summed E-state index contributed by atoms with van der Waals surface area (Å²) >= 11 is 0. The number of rotatable bonds is 4. The quantitative estimate of drug-likeness (QED) is 0.822. The van der Waals surface area contributed by atoms with Gasteiger partial charge < -0.3 is 14.9 Å². The van der Waals surface area contributed by atoms with E-state index in [1.807, 2.05) is 13.0 Å². The minimum atomic E-state index is -0.768. The number of aromatic hydroxyl groups is 2. The first-order chi connectivity index (χ1) is 12.1. The van der Waals surface area contributed by atoms with Crippen molar-refractivity contribution in [3.63, 3.8) is 0 Å². The van der Waals surface area contributed by atoms with Gasteiger partial charge in [-0.1, -0.05) is 25.3 Å². The monoisotopic (exact) mass is 343 g/mol. The van der Waals surface area contributed by atoms with Crippen molar-refractivity contribution in [2.75, 3.05) is 6.61 Å². The highest BCUT2D eigenvalue weighted by atomic mass is 16.5. The lowest BCUT2D eigenvalue weighted by molar-refractivity contribution is 0.0399. The average molecular weight is 343 g/mol. The molecule has 1 fully saturated rings. The van der Waals surface area contributed by atoms with Crippen LogP contribution in [0.2, 0.25) is 0 Å². The third kappa shape index (κ3) is 3.87. The number of pyridine rings is 1. The third-order valence-electron chi connectivity index (χ3n) is 4.46. The summed E-state index contributed by atoms with van der Waals surface area (Å²) in [5, 5.41) is 19.8. The molecule has 2 aromatic rings. The Labute approximate surface area is 145 Å². The van der Waals surface area contributed by atoms with E-state index in [0.717, 1.165) is 31.2 Å². The number of carbonyl (C=O) groups is 1. The number of hydrogen-bond donors (Lipinski definition) is 2. The van der Waals surface area contributed by atoms with Gasteiger partial charge in [-0.25, -0.2) is 9.78 Å². The molecule has 3 rings (SSSR count). The van der Waals surface area contributed by atoms with E-state index in [-0.39, 0.29) is 11.5 Å². The average Bonchev–Trinajstić information content (AvgIpc) is 2.63. The van der Waals surface area contributed by atoms with Crippen LogP contribution in [0, 0.1) is 12.8 Å². The van der Waals surface area contributed by atoms with Crippen LogP contribution in [-0.2, 0) is 4.74 Å². The zero-order valence-corrected chi connectivity index (χ0v) is 14.1. The number of aryl methyl sites for hydroxylation is 1. The summed E-state index contributed by atoms with van der Waals surface area (Å²) in [4.78, 5) is 24.4. The maximum absolute atomic E-state index is 12.3. The normalized spacial score (nSPS) is 15.1. The summed E-state index contributed by atoms with van der Waals surface area (Å²) < 4.78 is 5.30. The molecule has 0 radical (unpaired) electrons. The molecule has 0 spiro atoms. The molecular formula is C18H21N3O4. The van der Waals surface area contributed by atoms with Gasteiger partial charge in [0.25, 0.3) is 5.88 Å². The summed E-state index contributed by atoms with van der Waals surface area (Å²) in [6.07, 6.45) is 7.14. The first-order valence-electron chi connectivity index (χ1n) is 8.45. The van der Waals surface area contributed by atoms with E-state index in [0.29, 0.717) is 18.2 Å². The second-order valence-corrected chi connectivity index (χ2v) is 6.34. The van der Waals surface area contributed by atoms with E-state index in [9.17, 15) is 15.0 Å². The van der Waals surface area contributed by atoms with Crippen LogP contribution in [0.25, 0.3) is 11.5 Å². The highest BCUT2D eigenvalue weighted by molar-refractivity contribution is 5.91. The number of carbonyl (C=O) groups excluding carboxylic acids is 1. The Morgan fingerprint density at radius 1 is 1.24 bits per heavy atom. The molecule has 2 N–H and O–H groups in total. The van der Waals surface area contributed by atoms with E-state index >= 15 is 0 Å². The molecular weight excluding hydrogens is 322 g/mol. The Hall–Kier alpha value is -2.70. The highest BCUT2D eigenvalue weighted by Gasteiger charge is 2.24. The zero-order valence-electron chi connectivity index (χ0n) is 14.1. The number of aromatic nitrogens is 3. The lowest BCUT2D eigenvalue weighted by Crippen LogP contribution is -2.18. The largest absolute Gasteiger partial charge is 0.501 e. The van der Waals surface area contributed by atoms with Gasteiger partial charge in [0.15, 0.2) is 11.5 Å². The molecule has 7 heteroatoms. The number of nitrogens with zero attached hydrogens (tertiary/aromatic N) is 3. The molecule has 25 heavy (non-hydrogen) atoms. The van der Waals surface area contributed by atoms with Gasteiger partial charge >= 0.3 is 5.97 Å². The molecule has 0 bridgehead atoms. The standard InChI is InChI=1S/C18H21N3O4/c1-11-6-5-9-19-13(11)16-20-14(15(22)17(23)21-16)18(24)25-10-12-7-3-2-4-8-12/h5-6,9,12,22H,2-4,7-8,10H2,1H3,(H,20,21,23). The maximum atomic E-state index is 12.3. The van der Waals surface area contributed by atoms with Crippen LogP contribution in [0.3, 0.4) is 0 Å². The van der Waals surface area contributed by atoms with Crippen molar-refractivity contribution >= 4 is 5.97 Å². The Morgan fingerprint density at radius 2 is 2.00 bits per heavy atom. The zero-order chi connectivity index (χ0) is 17.8. The van der Waals surface area contributed by atoms with Crippen LogP contribution in [0.1, 0.15) is 48.2 Å². The number of esters is 1. The highest BCUT2D eigenvalue weighted by Crippen LogP contribution is 2.30. The summed E-state index contributed by atoms with van der Waals surface area (Å²) in [6.45, 7) is 2.11. The fourth-order valence-electron chi connectivity index (χ4n) is 3.03. The molecule has 2 aromatic heterocycles. The van der Waals surface area contributed by atoms with Crippen molar-refractivity contribution in [2.45, 2.75) is 39.0 Å². The van der Waals surface area contributed by atoms with E-state index in [4.69, 9.17) is 4.74 Å². The summed E-state index contributed by atoms with van der Waals surface area (Å²) in [6, 6.07) is 3.58. The Morgan fingerprint density at radius 3 is 2.72 bits per heavy atom. The van der Waals surface area contributed by atoms with Crippen molar-refractivity contribution in [3.8, 4) is 23.1 Å². The molecule has 0 saturated heterocycles. The fourth-order valence-corrected chi connectivity index (χ4v) is 3.03. The van der Waals surface area contributed by atoms with Gasteiger partial charge in [-0.3, -0.25) is 4.98 Å². The van der Waals surface area contributed by atoms with Gasteiger partial charge in [0.2, 0.25) is 5.75 Å². The van der Waals surface area contributed by atoms with E-state index in [1.54, 1.807) is 12.3 Å². The Balaban J connectivity index is 1.82. The van der Waals surface area contributed by atoms with Gasteiger partial charge in [0.05, 0.1) is 6.61 Å². The van der Waals surface area contributed by atoms with Gasteiger partial charge in [0, 0.05) is 6.20 Å². The molecule has 1 saturated carbocycles. The lowest BCUT2D eigenvalue weighted by Gasteiger charge is -2.21.